The van der Waals surface area contributed by atoms with Crippen LogP contribution in [0.15, 0.2) is 12.3 Å². The Kier molecular flexibility index (Phi) is 5.72. The zero-order valence-corrected chi connectivity index (χ0v) is 11.7. The van der Waals surface area contributed by atoms with Crippen molar-refractivity contribution in [3.8, 4) is 0 Å². The fourth-order valence-electron chi connectivity index (χ4n) is 2.74. The summed E-state index contributed by atoms with van der Waals surface area (Å²) in [6.45, 7) is 4.51. The number of aromatic nitrogens is 2. The smallest absolute Gasteiger partial charge is 0.0624 e. The van der Waals surface area contributed by atoms with Gasteiger partial charge in [0.15, 0.2) is 0 Å². The molecule has 1 saturated carbocycles. The van der Waals surface area contributed by atoms with E-state index in [2.05, 4.69) is 29.2 Å². The van der Waals surface area contributed by atoms with Crippen molar-refractivity contribution >= 4 is 0 Å². The van der Waals surface area contributed by atoms with Crippen molar-refractivity contribution in [1.82, 2.24) is 15.1 Å². The molecule has 0 radical (unpaired) electrons. The quantitative estimate of drug-likeness (QED) is 0.716. The summed E-state index contributed by atoms with van der Waals surface area (Å²) in [6, 6.07) is 2.89. The Morgan fingerprint density at radius 1 is 1.28 bits per heavy atom. The minimum Gasteiger partial charge on any atom is -0.317 e. The predicted molar refractivity (Wildman–Crippen MR) is 75.8 cm³/mol. The van der Waals surface area contributed by atoms with E-state index in [9.17, 15) is 0 Å². The highest BCUT2D eigenvalue weighted by molar-refractivity contribution is 5.00. The van der Waals surface area contributed by atoms with E-state index in [1.165, 1.54) is 50.6 Å². The summed E-state index contributed by atoms with van der Waals surface area (Å²) in [7, 11) is 0. The number of aryl methyl sites for hydroxylation is 1. The van der Waals surface area contributed by atoms with Gasteiger partial charge in [-0.2, -0.15) is 5.10 Å². The van der Waals surface area contributed by atoms with E-state index in [-0.39, 0.29) is 0 Å². The van der Waals surface area contributed by atoms with Crippen LogP contribution in [0.2, 0.25) is 0 Å². The molecule has 1 N–H and O–H groups in total. The van der Waals surface area contributed by atoms with Crippen LogP contribution in [0.4, 0.5) is 0 Å². The second-order valence-electron chi connectivity index (χ2n) is 5.43. The van der Waals surface area contributed by atoms with Crippen LogP contribution in [0.5, 0.6) is 0 Å². The van der Waals surface area contributed by atoms with Gasteiger partial charge < -0.3 is 5.32 Å². The highest BCUT2D eigenvalue weighted by atomic mass is 15.3. The fourth-order valence-corrected chi connectivity index (χ4v) is 2.74. The first-order valence-electron chi connectivity index (χ1n) is 7.65. The lowest BCUT2D eigenvalue weighted by Crippen LogP contribution is -2.15. The van der Waals surface area contributed by atoms with Crippen molar-refractivity contribution in [2.45, 2.75) is 64.3 Å². The predicted octanol–water partition coefficient (Wildman–Crippen LogP) is 3.32. The molecule has 0 spiro atoms. The molecule has 0 bridgehead atoms. The van der Waals surface area contributed by atoms with Crippen molar-refractivity contribution in [3.05, 3.63) is 18.0 Å². The average Bonchev–Trinajstić information content (AvgIpc) is 3.03. The third-order valence-corrected chi connectivity index (χ3v) is 3.83. The van der Waals surface area contributed by atoms with E-state index in [4.69, 9.17) is 5.10 Å². The molecule has 18 heavy (non-hydrogen) atoms. The van der Waals surface area contributed by atoms with E-state index >= 15 is 0 Å². The van der Waals surface area contributed by atoms with Crippen molar-refractivity contribution < 1.29 is 0 Å². The van der Waals surface area contributed by atoms with Gasteiger partial charge in [0.25, 0.3) is 0 Å². The van der Waals surface area contributed by atoms with Crippen LogP contribution in [0.3, 0.4) is 0 Å². The third-order valence-electron chi connectivity index (χ3n) is 3.83. The van der Waals surface area contributed by atoms with Gasteiger partial charge in [0.05, 0.1) is 11.7 Å². The van der Waals surface area contributed by atoms with Gasteiger partial charge in [-0.05, 0) is 57.7 Å². The van der Waals surface area contributed by atoms with Crippen LogP contribution in [-0.2, 0) is 6.42 Å². The largest absolute Gasteiger partial charge is 0.317 e. The molecule has 2 rings (SSSR count). The molecule has 0 unspecified atom stereocenters. The van der Waals surface area contributed by atoms with Gasteiger partial charge in [0.1, 0.15) is 0 Å². The molecule has 1 heterocycles. The normalized spacial score (nSPS) is 16.5. The molecule has 0 aromatic carbocycles. The Morgan fingerprint density at radius 2 is 2.11 bits per heavy atom. The van der Waals surface area contributed by atoms with E-state index in [1.54, 1.807) is 0 Å². The maximum atomic E-state index is 4.72. The number of nitrogens with one attached hydrogen (secondary N) is 1. The molecule has 1 aromatic heterocycles. The van der Waals surface area contributed by atoms with Gasteiger partial charge in [-0.1, -0.05) is 19.8 Å². The van der Waals surface area contributed by atoms with Gasteiger partial charge in [-0.25, -0.2) is 0 Å². The molecule has 0 amide bonds. The Morgan fingerprint density at radius 3 is 2.89 bits per heavy atom. The minimum atomic E-state index is 0.685. The molecule has 1 aromatic rings. The Labute approximate surface area is 111 Å². The number of hydrogen-bond donors (Lipinski definition) is 1. The lowest BCUT2D eigenvalue weighted by Gasteiger charge is -2.08. The second-order valence-corrected chi connectivity index (χ2v) is 5.43. The Hall–Kier alpha value is -0.830. The van der Waals surface area contributed by atoms with Crippen LogP contribution in [0.25, 0.3) is 0 Å². The van der Waals surface area contributed by atoms with Crippen LogP contribution in [0, 0.1) is 0 Å². The highest BCUT2D eigenvalue weighted by Gasteiger charge is 2.17. The molecular formula is C15H27N3. The molecule has 0 saturated heterocycles. The molecular weight excluding hydrogens is 222 g/mol. The van der Waals surface area contributed by atoms with Crippen LogP contribution in [-0.4, -0.2) is 22.9 Å². The van der Waals surface area contributed by atoms with E-state index < -0.39 is 0 Å². The molecule has 1 aliphatic carbocycles. The van der Waals surface area contributed by atoms with E-state index in [0.29, 0.717) is 6.04 Å². The van der Waals surface area contributed by atoms with Gasteiger partial charge >= 0.3 is 0 Å². The lowest BCUT2D eigenvalue weighted by molar-refractivity contribution is 0.462. The van der Waals surface area contributed by atoms with Gasteiger partial charge in [-0.15, -0.1) is 0 Å². The van der Waals surface area contributed by atoms with E-state index in [1.807, 2.05) is 0 Å². The molecule has 0 aliphatic heterocycles. The summed E-state index contributed by atoms with van der Waals surface area (Å²) >= 11 is 0. The number of rotatable bonds is 8. The van der Waals surface area contributed by atoms with E-state index in [0.717, 1.165) is 19.5 Å². The maximum Gasteiger partial charge on any atom is 0.0624 e. The second kappa shape index (κ2) is 7.57. The SMILES string of the molecule is CCCNCCCCc1ccn(C2CCCC2)n1. The first kappa shape index (κ1) is 13.6. The average molecular weight is 249 g/mol. The summed E-state index contributed by atoms with van der Waals surface area (Å²) in [4.78, 5) is 0. The number of nitrogens with zero attached hydrogens (tertiary/aromatic N) is 2. The van der Waals surface area contributed by atoms with Crippen molar-refractivity contribution in [3.63, 3.8) is 0 Å². The Balaban J connectivity index is 1.64. The maximum absolute atomic E-state index is 4.72. The fraction of sp³-hybridized carbons (Fsp3) is 0.800. The molecule has 3 heteroatoms. The summed E-state index contributed by atoms with van der Waals surface area (Å²) in [6.07, 6.45) is 12.4. The monoisotopic (exact) mass is 249 g/mol. The van der Waals surface area contributed by atoms with Gasteiger partial charge in [0, 0.05) is 6.20 Å². The topological polar surface area (TPSA) is 29.9 Å². The number of unbranched alkanes of at least 4 members (excludes halogenated alkanes) is 1. The summed E-state index contributed by atoms with van der Waals surface area (Å²) in [5, 5.41) is 8.17. The summed E-state index contributed by atoms with van der Waals surface area (Å²) < 4.78 is 2.21. The van der Waals surface area contributed by atoms with Crippen LogP contribution >= 0.6 is 0 Å². The van der Waals surface area contributed by atoms with Crippen molar-refractivity contribution in [2.24, 2.45) is 0 Å². The molecule has 0 atom stereocenters. The van der Waals surface area contributed by atoms with Crippen LogP contribution in [0.1, 0.15) is 63.6 Å². The van der Waals surface area contributed by atoms with Crippen molar-refractivity contribution in [1.29, 1.82) is 0 Å². The third kappa shape index (κ3) is 4.13. The first-order valence-corrected chi connectivity index (χ1v) is 7.65. The minimum absolute atomic E-state index is 0.685. The van der Waals surface area contributed by atoms with Gasteiger partial charge in [0.2, 0.25) is 0 Å². The zero-order valence-electron chi connectivity index (χ0n) is 11.7. The Bertz CT molecular complexity index is 326. The zero-order chi connectivity index (χ0) is 12.6. The van der Waals surface area contributed by atoms with Gasteiger partial charge in [-0.3, -0.25) is 4.68 Å². The summed E-state index contributed by atoms with van der Waals surface area (Å²) in [5.41, 5.74) is 1.28. The highest BCUT2D eigenvalue weighted by Crippen LogP contribution is 2.28. The molecule has 1 aliphatic rings. The van der Waals surface area contributed by atoms with Crippen molar-refractivity contribution in [2.75, 3.05) is 13.1 Å². The molecule has 1 fully saturated rings. The lowest BCUT2D eigenvalue weighted by atomic mass is 10.2. The molecule has 102 valence electrons. The summed E-state index contributed by atoms with van der Waals surface area (Å²) in [5.74, 6) is 0. The first-order chi connectivity index (χ1) is 8.90. The number of hydrogen-bond acceptors (Lipinski definition) is 2. The standard InChI is InChI=1S/C15H27N3/c1-2-11-16-12-6-5-7-14-10-13-18(17-14)15-8-3-4-9-15/h10,13,15-16H,2-9,11-12H2,1H3. The molecule has 3 nitrogen and oxygen atoms in total. The van der Waals surface area contributed by atoms with Crippen LogP contribution < -0.4 is 5.32 Å².